The summed E-state index contributed by atoms with van der Waals surface area (Å²) in [5, 5.41) is 5.74. The predicted molar refractivity (Wildman–Crippen MR) is 78.5 cm³/mol. The number of amides is 1. The van der Waals surface area contributed by atoms with Gasteiger partial charge in [0.1, 0.15) is 0 Å². The van der Waals surface area contributed by atoms with Crippen LogP contribution >= 0.6 is 0 Å². The summed E-state index contributed by atoms with van der Waals surface area (Å²) < 4.78 is 38.4. The molecule has 2 rings (SSSR count). The summed E-state index contributed by atoms with van der Waals surface area (Å²) >= 11 is 0. The highest BCUT2D eigenvalue weighted by atomic mass is 19.4. The Balaban J connectivity index is 1.91. The average molecular weight is 314 g/mol. The second-order valence-electron chi connectivity index (χ2n) is 5.76. The topological polar surface area (TPSA) is 41.1 Å². The van der Waals surface area contributed by atoms with Gasteiger partial charge in [-0.1, -0.05) is 18.6 Å². The van der Waals surface area contributed by atoms with Crippen molar-refractivity contribution in [3.8, 4) is 0 Å². The first-order chi connectivity index (χ1) is 10.4. The van der Waals surface area contributed by atoms with Crippen LogP contribution < -0.4 is 10.6 Å². The minimum atomic E-state index is -4.10. The Bertz CT molecular complexity index is 516. The van der Waals surface area contributed by atoms with E-state index >= 15 is 0 Å². The fourth-order valence-electron chi connectivity index (χ4n) is 2.90. The van der Waals surface area contributed by atoms with E-state index in [1.165, 1.54) is 0 Å². The first-order valence-corrected chi connectivity index (χ1v) is 7.51. The lowest BCUT2D eigenvalue weighted by Gasteiger charge is -2.31. The lowest BCUT2D eigenvalue weighted by atomic mass is 9.85. The first-order valence-electron chi connectivity index (χ1n) is 7.51. The van der Waals surface area contributed by atoms with Crippen molar-refractivity contribution < 1.29 is 18.0 Å². The molecule has 22 heavy (non-hydrogen) atoms. The molecule has 0 bridgehead atoms. The van der Waals surface area contributed by atoms with Gasteiger partial charge in [0.15, 0.2) is 0 Å². The van der Waals surface area contributed by atoms with Gasteiger partial charge in [0.2, 0.25) is 0 Å². The molecule has 1 aliphatic rings. The van der Waals surface area contributed by atoms with Crippen LogP contribution in [0, 0.1) is 5.92 Å². The second-order valence-corrected chi connectivity index (χ2v) is 5.76. The molecule has 0 unspecified atom stereocenters. The highest BCUT2D eigenvalue weighted by Gasteiger charge is 2.41. The van der Waals surface area contributed by atoms with Crippen molar-refractivity contribution >= 4 is 5.91 Å². The van der Waals surface area contributed by atoms with Crippen LogP contribution in [-0.4, -0.2) is 25.2 Å². The zero-order chi connectivity index (χ0) is 16.2. The first kappa shape index (κ1) is 16.8. The molecule has 2 atom stereocenters. The summed E-state index contributed by atoms with van der Waals surface area (Å²) in [6.07, 6.45) is -2.37. The molecule has 1 amide bonds. The van der Waals surface area contributed by atoms with Crippen LogP contribution in [0.2, 0.25) is 0 Å². The van der Waals surface area contributed by atoms with Gasteiger partial charge in [-0.15, -0.1) is 0 Å². The van der Waals surface area contributed by atoms with E-state index in [9.17, 15) is 18.0 Å². The molecule has 1 aromatic carbocycles. The van der Waals surface area contributed by atoms with E-state index in [1.807, 2.05) is 6.07 Å². The van der Waals surface area contributed by atoms with E-state index in [0.29, 0.717) is 18.5 Å². The fourth-order valence-corrected chi connectivity index (χ4v) is 2.90. The van der Waals surface area contributed by atoms with Crippen LogP contribution in [0.4, 0.5) is 13.2 Å². The number of halogens is 3. The van der Waals surface area contributed by atoms with Crippen molar-refractivity contribution in [3.05, 3.63) is 35.4 Å². The summed E-state index contributed by atoms with van der Waals surface area (Å²) in [5.74, 6) is -1.37. The lowest BCUT2D eigenvalue weighted by Crippen LogP contribution is -2.38. The van der Waals surface area contributed by atoms with Gasteiger partial charge in [0.25, 0.3) is 5.91 Å². The molecule has 122 valence electrons. The van der Waals surface area contributed by atoms with Crippen molar-refractivity contribution in [2.75, 3.05) is 7.05 Å². The Morgan fingerprint density at radius 2 is 2.09 bits per heavy atom. The zero-order valence-corrected chi connectivity index (χ0v) is 12.5. The number of hydrogen-bond acceptors (Lipinski definition) is 2. The van der Waals surface area contributed by atoms with Crippen LogP contribution in [0.3, 0.4) is 0 Å². The Labute approximate surface area is 128 Å². The highest BCUT2D eigenvalue weighted by Crippen LogP contribution is 2.37. The second kappa shape index (κ2) is 7.13. The maximum atomic E-state index is 12.8. The molecular weight excluding hydrogens is 293 g/mol. The van der Waals surface area contributed by atoms with Crippen LogP contribution in [0.25, 0.3) is 0 Å². The van der Waals surface area contributed by atoms with Gasteiger partial charge in [0.05, 0.1) is 5.92 Å². The molecule has 1 fully saturated rings. The van der Waals surface area contributed by atoms with Gasteiger partial charge in [-0.3, -0.25) is 4.79 Å². The number of benzene rings is 1. The van der Waals surface area contributed by atoms with Crippen molar-refractivity contribution in [1.82, 2.24) is 10.6 Å². The minimum absolute atomic E-state index is 0.121. The predicted octanol–water partition coefficient (Wildman–Crippen LogP) is 3.26. The van der Waals surface area contributed by atoms with Gasteiger partial charge in [0, 0.05) is 25.2 Å². The maximum absolute atomic E-state index is 12.8. The molecule has 0 radical (unpaired) electrons. The third-order valence-corrected chi connectivity index (χ3v) is 4.15. The maximum Gasteiger partial charge on any atom is 0.391 e. The van der Waals surface area contributed by atoms with Crippen LogP contribution in [-0.2, 0) is 6.54 Å². The third-order valence-electron chi connectivity index (χ3n) is 4.15. The summed E-state index contributed by atoms with van der Waals surface area (Å²) in [6.45, 7) is 0.472. The van der Waals surface area contributed by atoms with Gasteiger partial charge >= 0.3 is 6.18 Å². The quantitative estimate of drug-likeness (QED) is 0.895. The van der Waals surface area contributed by atoms with E-state index in [2.05, 4.69) is 10.6 Å². The number of carbonyl (C=O) groups excluding carboxylic acids is 1. The fraction of sp³-hybridized carbons (Fsp3) is 0.562. The molecule has 0 spiro atoms. The van der Waals surface area contributed by atoms with Crippen molar-refractivity contribution in [2.24, 2.45) is 5.92 Å². The van der Waals surface area contributed by atoms with Gasteiger partial charge in [-0.25, -0.2) is 0 Å². The minimum Gasteiger partial charge on any atom is -0.355 e. The molecule has 0 saturated heterocycles. The molecule has 6 heteroatoms. The molecular formula is C16H21F3N2O. The van der Waals surface area contributed by atoms with E-state index in [-0.39, 0.29) is 24.8 Å². The number of carbonyl (C=O) groups is 1. The summed E-state index contributed by atoms with van der Waals surface area (Å²) in [4.78, 5) is 11.6. The van der Waals surface area contributed by atoms with Crippen LogP contribution in [0.1, 0.15) is 41.6 Å². The molecule has 0 aromatic heterocycles. The summed E-state index contributed by atoms with van der Waals surface area (Å²) in [6, 6.07) is 6.99. The Kier molecular flexibility index (Phi) is 5.45. The average Bonchev–Trinajstić information content (AvgIpc) is 2.52. The smallest absolute Gasteiger partial charge is 0.355 e. The number of rotatable bonds is 4. The number of hydrogen-bond donors (Lipinski definition) is 2. The van der Waals surface area contributed by atoms with Crippen molar-refractivity contribution in [1.29, 1.82) is 0 Å². The van der Waals surface area contributed by atoms with E-state index < -0.39 is 12.1 Å². The molecule has 0 heterocycles. The molecule has 1 aromatic rings. The Morgan fingerprint density at radius 1 is 1.32 bits per heavy atom. The normalized spacial score (nSPS) is 22.4. The molecule has 1 saturated carbocycles. The van der Waals surface area contributed by atoms with Crippen LogP contribution in [0.15, 0.2) is 24.3 Å². The van der Waals surface area contributed by atoms with Gasteiger partial charge < -0.3 is 10.6 Å². The van der Waals surface area contributed by atoms with Crippen LogP contribution in [0.5, 0.6) is 0 Å². The lowest BCUT2D eigenvalue weighted by molar-refractivity contribution is -0.183. The van der Waals surface area contributed by atoms with E-state index in [0.717, 1.165) is 12.0 Å². The molecule has 2 N–H and O–H groups in total. The summed E-state index contributed by atoms with van der Waals surface area (Å²) in [5.41, 5.74) is 1.45. The van der Waals surface area contributed by atoms with E-state index in [4.69, 9.17) is 0 Å². The van der Waals surface area contributed by atoms with Gasteiger partial charge in [-0.05, 0) is 37.0 Å². The monoisotopic (exact) mass is 314 g/mol. The third kappa shape index (κ3) is 4.47. The molecule has 3 nitrogen and oxygen atoms in total. The van der Waals surface area contributed by atoms with Gasteiger partial charge in [-0.2, -0.15) is 13.2 Å². The van der Waals surface area contributed by atoms with Crippen molar-refractivity contribution in [2.45, 2.75) is 44.4 Å². The molecule has 0 aliphatic heterocycles. The number of nitrogens with one attached hydrogen (secondary N) is 2. The van der Waals surface area contributed by atoms with E-state index in [1.54, 1.807) is 25.2 Å². The SMILES string of the molecule is CNC(=O)c1cccc(CN[C@@H]2CCC[C@H](C(F)(F)F)C2)c1. The molecule has 1 aliphatic carbocycles. The largest absolute Gasteiger partial charge is 0.391 e. The number of alkyl halides is 3. The zero-order valence-electron chi connectivity index (χ0n) is 12.5. The Hall–Kier alpha value is -1.56. The summed E-state index contributed by atoms with van der Waals surface area (Å²) in [7, 11) is 1.56. The highest BCUT2D eigenvalue weighted by molar-refractivity contribution is 5.94. The standard InChI is InChI=1S/C16H21F3N2O/c1-20-15(22)12-5-2-4-11(8-12)10-21-14-7-3-6-13(9-14)16(17,18)19/h2,4-5,8,13-14,21H,3,6-7,9-10H2,1H3,(H,20,22)/t13-,14+/m0/s1. The Morgan fingerprint density at radius 3 is 2.77 bits per heavy atom. The van der Waals surface area contributed by atoms with Crippen molar-refractivity contribution in [3.63, 3.8) is 0 Å².